The summed E-state index contributed by atoms with van der Waals surface area (Å²) in [7, 11) is -2.43. The fraction of sp³-hybridized carbons (Fsp3) is 0.462. The molecule has 1 aromatic rings. The van der Waals surface area contributed by atoms with Gasteiger partial charge in [0.15, 0.2) is 0 Å². The number of nitrogens with one attached hydrogen (secondary N) is 2. The van der Waals surface area contributed by atoms with E-state index in [9.17, 15) is 13.2 Å². The van der Waals surface area contributed by atoms with Crippen molar-refractivity contribution in [1.29, 1.82) is 0 Å². The van der Waals surface area contributed by atoms with Gasteiger partial charge in [-0.15, -0.1) is 0 Å². The monoisotopic (exact) mass is 368 g/mol. The summed E-state index contributed by atoms with van der Waals surface area (Å²) in [6, 6.07) is 2.55. The maximum absolute atomic E-state index is 12.2. The summed E-state index contributed by atoms with van der Waals surface area (Å²) in [5.74, 6) is -0.0222. The lowest BCUT2D eigenvalue weighted by molar-refractivity contribution is -0.123. The molecule has 124 valence electrons. The van der Waals surface area contributed by atoms with Crippen LogP contribution in [-0.2, 0) is 14.8 Å². The molecule has 0 fully saturated rings. The van der Waals surface area contributed by atoms with Crippen LogP contribution in [0, 0.1) is 5.92 Å². The van der Waals surface area contributed by atoms with Crippen LogP contribution in [0.4, 0.5) is 0 Å². The van der Waals surface area contributed by atoms with Gasteiger partial charge in [-0.25, -0.2) is 13.1 Å². The number of hydrogen-bond acceptors (Lipinski definition) is 4. The molecule has 6 nitrogen and oxygen atoms in total. The van der Waals surface area contributed by atoms with Crippen LogP contribution in [0.2, 0.25) is 10.0 Å². The fourth-order valence-corrected chi connectivity index (χ4v) is 3.40. The molecule has 0 saturated heterocycles. The number of carbonyl (C=O) groups excluding carboxylic acids is 1. The quantitative estimate of drug-likeness (QED) is 0.721. The number of carbonyl (C=O) groups is 1. The number of halogens is 2. The highest BCUT2D eigenvalue weighted by Gasteiger charge is 2.20. The minimum Gasteiger partial charge on any atom is -0.495 e. The van der Waals surface area contributed by atoms with E-state index in [1.54, 1.807) is 13.8 Å². The minimum atomic E-state index is -3.83. The molecule has 0 saturated carbocycles. The first kappa shape index (κ1) is 19.0. The largest absolute Gasteiger partial charge is 0.495 e. The second-order valence-electron chi connectivity index (χ2n) is 4.76. The standard InChI is InChI=1S/C13H18Cl2N2O4S/c1-8(2)13(18)16-4-5-17-22(19,20)12-7-9(14)11(21-3)6-10(12)15/h6-8,17H,4-5H2,1-3H3,(H,16,18). The summed E-state index contributed by atoms with van der Waals surface area (Å²) in [6.45, 7) is 3.72. The van der Waals surface area contributed by atoms with Gasteiger partial charge >= 0.3 is 0 Å². The summed E-state index contributed by atoms with van der Waals surface area (Å²) < 4.78 is 31.7. The molecule has 0 aliphatic rings. The molecule has 0 unspecified atom stereocenters. The molecule has 1 aromatic carbocycles. The van der Waals surface area contributed by atoms with E-state index in [0.717, 1.165) is 0 Å². The van der Waals surface area contributed by atoms with Crippen LogP contribution in [0.15, 0.2) is 17.0 Å². The molecule has 22 heavy (non-hydrogen) atoms. The van der Waals surface area contributed by atoms with Crippen molar-refractivity contribution in [3.05, 3.63) is 22.2 Å². The normalized spacial score (nSPS) is 11.5. The van der Waals surface area contributed by atoms with Gasteiger partial charge in [-0.3, -0.25) is 4.79 Å². The Labute approximate surface area is 140 Å². The van der Waals surface area contributed by atoms with Crippen LogP contribution in [0.25, 0.3) is 0 Å². The van der Waals surface area contributed by atoms with E-state index < -0.39 is 10.0 Å². The molecular formula is C13H18Cl2N2O4S. The van der Waals surface area contributed by atoms with E-state index in [1.165, 1.54) is 19.2 Å². The molecule has 0 aliphatic heterocycles. The van der Waals surface area contributed by atoms with Crippen LogP contribution in [0.5, 0.6) is 5.75 Å². The maximum Gasteiger partial charge on any atom is 0.242 e. The lowest BCUT2D eigenvalue weighted by Crippen LogP contribution is -2.36. The lowest BCUT2D eigenvalue weighted by Gasteiger charge is -2.12. The third-order valence-electron chi connectivity index (χ3n) is 2.74. The highest BCUT2D eigenvalue weighted by Crippen LogP contribution is 2.33. The summed E-state index contributed by atoms with van der Waals surface area (Å²) in [5, 5.41) is 2.74. The molecular weight excluding hydrogens is 351 g/mol. The number of benzene rings is 1. The number of ether oxygens (including phenoxy) is 1. The van der Waals surface area contributed by atoms with E-state index in [0.29, 0.717) is 0 Å². The van der Waals surface area contributed by atoms with Gasteiger partial charge in [0, 0.05) is 25.1 Å². The Kier molecular flexibility index (Phi) is 6.93. The van der Waals surface area contributed by atoms with Crippen molar-refractivity contribution in [3.8, 4) is 5.75 Å². The first-order valence-electron chi connectivity index (χ1n) is 6.49. The predicted molar refractivity (Wildman–Crippen MR) is 86.1 cm³/mol. The Morgan fingerprint density at radius 1 is 1.23 bits per heavy atom. The van der Waals surface area contributed by atoms with Crippen molar-refractivity contribution < 1.29 is 17.9 Å². The van der Waals surface area contributed by atoms with Crippen molar-refractivity contribution >= 4 is 39.1 Å². The first-order valence-corrected chi connectivity index (χ1v) is 8.73. The first-order chi connectivity index (χ1) is 10.2. The van der Waals surface area contributed by atoms with E-state index in [-0.39, 0.29) is 45.6 Å². The number of rotatable bonds is 7. The van der Waals surface area contributed by atoms with E-state index in [4.69, 9.17) is 27.9 Å². The van der Waals surface area contributed by atoms with Crippen molar-refractivity contribution in [2.45, 2.75) is 18.7 Å². The van der Waals surface area contributed by atoms with Gasteiger partial charge in [-0.2, -0.15) is 0 Å². The molecule has 0 bridgehead atoms. The Balaban J connectivity index is 2.75. The Hall–Kier alpha value is -1.02. The molecule has 0 spiro atoms. The van der Waals surface area contributed by atoms with Crippen LogP contribution in [0.3, 0.4) is 0 Å². The van der Waals surface area contributed by atoms with Crippen LogP contribution in [0.1, 0.15) is 13.8 Å². The van der Waals surface area contributed by atoms with Crippen molar-refractivity contribution in [3.63, 3.8) is 0 Å². The highest BCUT2D eigenvalue weighted by atomic mass is 35.5. The molecule has 0 heterocycles. The number of methoxy groups -OCH3 is 1. The Bertz CT molecular complexity index is 648. The third kappa shape index (κ3) is 5.01. The molecule has 0 aliphatic carbocycles. The average molecular weight is 369 g/mol. The number of hydrogen-bond donors (Lipinski definition) is 2. The maximum atomic E-state index is 12.2. The summed E-state index contributed by atoms with van der Waals surface area (Å²) in [6.07, 6.45) is 0. The average Bonchev–Trinajstić information content (AvgIpc) is 2.44. The second kappa shape index (κ2) is 8.01. The van der Waals surface area contributed by atoms with Gasteiger partial charge in [0.05, 0.1) is 17.2 Å². The molecule has 0 radical (unpaired) electrons. The lowest BCUT2D eigenvalue weighted by atomic mass is 10.2. The number of sulfonamides is 1. The third-order valence-corrected chi connectivity index (χ3v) is 4.96. The molecule has 0 aromatic heterocycles. The highest BCUT2D eigenvalue weighted by molar-refractivity contribution is 7.89. The van der Waals surface area contributed by atoms with Crippen LogP contribution in [-0.4, -0.2) is 34.5 Å². The van der Waals surface area contributed by atoms with Crippen molar-refractivity contribution in [2.24, 2.45) is 5.92 Å². The molecule has 0 atom stereocenters. The topological polar surface area (TPSA) is 84.5 Å². The van der Waals surface area contributed by atoms with Crippen LogP contribution >= 0.6 is 23.2 Å². The Morgan fingerprint density at radius 3 is 2.41 bits per heavy atom. The zero-order valence-corrected chi connectivity index (χ0v) is 14.8. The SMILES string of the molecule is COc1cc(Cl)c(S(=O)(=O)NCCNC(=O)C(C)C)cc1Cl. The van der Waals surface area contributed by atoms with Crippen LogP contribution < -0.4 is 14.8 Å². The molecule has 2 N–H and O–H groups in total. The van der Waals surface area contributed by atoms with Gasteiger partial charge in [0.2, 0.25) is 15.9 Å². The number of amides is 1. The summed E-state index contributed by atoms with van der Waals surface area (Å²) in [5.41, 5.74) is 0. The van der Waals surface area contributed by atoms with E-state index in [2.05, 4.69) is 10.0 Å². The smallest absolute Gasteiger partial charge is 0.242 e. The fourth-order valence-electron chi connectivity index (χ4n) is 1.53. The zero-order chi connectivity index (χ0) is 16.9. The van der Waals surface area contributed by atoms with Crippen molar-refractivity contribution in [2.75, 3.05) is 20.2 Å². The zero-order valence-electron chi connectivity index (χ0n) is 12.4. The molecule has 9 heteroatoms. The Morgan fingerprint density at radius 2 is 1.86 bits per heavy atom. The van der Waals surface area contributed by atoms with Crippen molar-refractivity contribution in [1.82, 2.24) is 10.0 Å². The molecule has 1 rings (SSSR count). The van der Waals surface area contributed by atoms with Gasteiger partial charge < -0.3 is 10.1 Å². The van der Waals surface area contributed by atoms with E-state index in [1.807, 2.05) is 0 Å². The summed E-state index contributed by atoms with van der Waals surface area (Å²) >= 11 is 11.9. The second-order valence-corrected chi connectivity index (χ2v) is 7.31. The molecule has 1 amide bonds. The van der Waals surface area contributed by atoms with E-state index >= 15 is 0 Å². The van der Waals surface area contributed by atoms with Gasteiger partial charge in [-0.1, -0.05) is 37.0 Å². The predicted octanol–water partition coefficient (Wildman–Crippen LogP) is 2.05. The van der Waals surface area contributed by atoms with Gasteiger partial charge in [0.25, 0.3) is 0 Å². The summed E-state index contributed by atoms with van der Waals surface area (Å²) in [4.78, 5) is 11.2. The van der Waals surface area contributed by atoms with Gasteiger partial charge in [0.1, 0.15) is 10.6 Å². The minimum absolute atomic E-state index is 0.0000315. The van der Waals surface area contributed by atoms with Gasteiger partial charge in [-0.05, 0) is 6.07 Å².